The second kappa shape index (κ2) is 5.41. The molecule has 1 aliphatic rings. The van der Waals surface area contributed by atoms with Gasteiger partial charge in [0.2, 0.25) is 5.91 Å². The van der Waals surface area contributed by atoms with E-state index in [1.807, 2.05) is 6.07 Å². The zero-order valence-corrected chi connectivity index (χ0v) is 10.4. The van der Waals surface area contributed by atoms with Crippen molar-refractivity contribution < 1.29 is 19.8 Å². The van der Waals surface area contributed by atoms with Crippen molar-refractivity contribution in [1.82, 2.24) is 0 Å². The van der Waals surface area contributed by atoms with Crippen LogP contribution in [0, 0.1) is 0 Å². The first-order valence-electron chi connectivity index (χ1n) is 5.49. The van der Waals surface area contributed by atoms with Gasteiger partial charge in [0.05, 0.1) is 24.5 Å². The number of amides is 1. The maximum atomic E-state index is 11.3. The van der Waals surface area contributed by atoms with E-state index in [1.54, 1.807) is 12.1 Å². The minimum Gasteiger partial charge on any atom is -0.481 e. The van der Waals surface area contributed by atoms with Gasteiger partial charge in [0.1, 0.15) is 0 Å². The van der Waals surface area contributed by atoms with E-state index >= 15 is 0 Å². The number of hydrogen-bond donors (Lipinski definition) is 3. The average Bonchev–Trinajstić information content (AvgIpc) is 2.34. The predicted molar refractivity (Wildman–Crippen MR) is 67.9 cm³/mol. The Balaban J connectivity index is 2.26. The van der Waals surface area contributed by atoms with Gasteiger partial charge in [-0.15, -0.1) is 11.8 Å². The van der Waals surface area contributed by atoms with E-state index < -0.39 is 11.9 Å². The summed E-state index contributed by atoms with van der Waals surface area (Å²) >= 11 is 1.45. The molecular formula is C12H13NO4S. The lowest BCUT2D eigenvalue weighted by Crippen LogP contribution is -2.19. The van der Waals surface area contributed by atoms with Gasteiger partial charge in [0, 0.05) is 10.8 Å². The summed E-state index contributed by atoms with van der Waals surface area (Å²) in [5, 5.41) is 20.7. The van der Waals surface area contributed by atoms with Crippen molar-refractivity contribution in [2.24, 2.45) is 0 Å². The number of thioether (sulfide) groups is 1. The smallest absolute Gasteiger partial charge is 0.304 e. The number of aliphatic hydroxyl groups is 1. The number of benzene rings is 1. The summed E-state index contributed by atoms with van der Waals surface area (Å²) in [7, 11) is 0. The van der Waals surface area contributed by atoms with Crippen LogP contribution in [-0.2, 0) is 9.59 Å². The third-order valence-corrected chi connectivity index (χ3v) is 3.82. The monoisotopic (exact) mass is 267 g/mol. The first-order valence-corrected chi connectivity index (χ1v) is 6.48. The second-order valence-electron chi connectivity index (χ2n) is 4.07. The fourth-order valence-electron chi connectivity index (χ4n) is 1.85. The summed E-state index contributed by atoms with van der Waals surface area (Å²) in [6.45, 7) is -0.230. The Kier molecular flexibility index (Phi) is 3.88. The molecule has 0 saturated carbocycles. The van der Waals surface area contributed by atoms with E-state index in [2.05, 4.69) is 5.32 Å². The summed E-state index contributed by atoms with van der Waals surface area (Å²) in [5.74, 6) is -1.07. The summed E-state index contributed by atoms with van der Waals surface area (Å²) < 4.78 is 0. The molecule has 96 valence electrons. The first kappa shape index (κ1) is 12.9. The molecule has 0 aliphatic carbocycles. The molecule has 3 N–H and O–H groups in total. The SMILES string of the molecule is O=C(O)CC(CO)c1ccc2c(c1)NC(=O)CS2. The Morgan fingerprint density at radius 3 is 2.94 bits per heavy atom. The minimum atomic E-state index is -0.954. The molecule has 1 amide bonds. The molecular weight excluding hydrogens is 254 g/mol. The fraction of sp³-hybridized carbons (Fsp3) is 0.333. The van der Waals surface area contributed by atoms with Crippen LogP contribution in [0.25, 0.3) is 0 Å². The number of rotatable bonds is 4. The van der Waals surface area contributed by atoms with Crippen LogP contribution < -0.4 is 5.32 Å². The molecule has 0 radical (unpaired) electrons. The molecule has 1 unspecified atom stereocenters. The summed E-state index contributed by atoms with van der Waals surface area (Å²) in [6.07, 6.45) is -0.129. The number of anilines is 1. The molecule has 0 fully saturated rings. The van der Waals surface area contributed by atoms with Gasteiger partial charge in [-0.25, -0.2) is 0 Å². The average molecular weight is 267 g/mol. The molecule has 6 heteroatoms. The van der Waals surface area contributed by atoms with Gasteiger partial charge in [0.15, 0.2) is 0 Å². The van der Waals surface area contributed by atoms with Gasteiger partial charge >= 0.3 is 5.97 Å². The molecule has 0 spiro atoms. The van der Waals surface area contributed by atoms with Crippen LogP contribution in [0.3, 0.4) is 0 Å². The molecule has 2 rings (SSSR count). The van der Waals surface area contributed by atoms with Crippen molar-refractivity contribution in [2.75, 3.05) is 17.7 Å². The number of hydrogen-bond acceptors (Lipinski definition) is 4. The van der Waals surface area contributed by atoms with Crippen LogP contribution in [0.15, 0.2) is 23.1 Å². The topological polar surface area (TPSA) is 86.6 Å². The van der Waals surface area contributed by atoms with Gasteiger partial charge in [-0.3, -0.25) is 9.59 Å². The predicted octanol–water partition coefficient (Wildman–Crippen LogP) is 1.28. The number of carbonyl (C=O) groups excluding carboxylic acids is 1. The van der Waals surface area contributed by atoms with E-state index in [4.69, 9.17) is 5.11 Å². The molecule has 0 saturated heterocycles. The lowest BCUT2D eigenvalue weighted by atomic mass is 9.96. The zero-order valence-electron chi connectivity index (χ0n) is 9.55. The molecule has 1 aromatic carbocycles. The Labute approximate surface area is 108 Å². The number of aliphatic carboxylic acids is 1. The van der Waals surface area contributed by atoms with Crippen LogP contribution in [0.2, 0.25) is 0 Å². The van der Waals surface area contributed by atoms with E-state index in [1.165, 1.54) is 11.8 Å². The Morgan fingerprint density at radius 1 is 1.50 bits per heavy atom. The molecule has 1 aromatic rings. The van der Waals surface area contributed by atoms with Crippen LogP contribution in [0.5, 0.6) is 0 Å². The number of aliphatic hydroxyl groups excluding tert-OH is 1. The van der Waals surface area contributed by atoms with Crippen molar-refractivity contribution in [1.29, 1.82) is 0 Å². The third-order valence-electron chi connectivity index (χ3n) is 2.75. The molecule has 1 aliphatic heterocycles. The maximum Gasteiger partial charge on any atom is 0.304 e. The Hall–Kier alpha value is -1.53. The van der Waals surface area contributed by atoms with E-state index in [0.29, 0.717) is 11.4 Å². The van der Waals surface area contributed by atoms with Crippen molar-refractivity contribution in [2.45, 2.75) is 17.2 Å². The van der Waals surface area contributed by atoms with Gasteiger partial charge in [-0.1, -0.05) is 6.07 Å². The highest BCUT2D eigenvalue weighted by atomic mass is 32.2. The standard InChI is InChI=1S/C12H13NO4S/c14-5-8(4-12(16)17)7-1-2-10-9(3-7)13-11(15)6-18-10/h1-3,8,14H,4-6H2,(H,13,15)(H,16,17). The zero-order chi connectivity index (χ0) is 13.1. The van der Waals surface area contributed by atoms with Crippen LogP contribution in [0.1, 0.15) is 17.9 Å². The third kappa shape index (κ3) is 2.83. The van der Waals surface area contributed by atoms with E-state index in [-0.39, 0.29) is 18.9 Å². The molecule has 0 aromatic heterocycles. The minimum absolute atomic E-state index is 0.0663. The molecule has 1 atom stereocenters. The summed E-state index contributed by atoms with van der Waals surface area (Å²) in [5.41, 5.74) is 1.42. The van der Waals surface area contributed by atoms with Crippen molar-refractivity contribution >= 4 is 29.3 Å². The highest BCUT2D eigenvalue weighted by Gasteiger charge is 2.19. The van der Waals surface area contributed by atoms with Crippen molar-refractivity contribution in [3.63, 3.8) is 0 Å². The van der Waals surface area contributed by atoms with Crippen LogP contribution in [0.4, 0.5) is 5.69 Å². The largest absolute Gasteiger partial charge is 0.481 e. The Morgan fingerprint density at radius 2 is 2.28 bits per heavy atom. The summed E-state index contributed by atoms with van der Waals surface area (Å²) in [6, 6.07) is 5.38. The molecule has 18 heavy (non-hydrogen) atoms. The first-order chi connectivity index (χ1) is 8.60. The van der Waals surface area contributed by atoms with Crippen molar-refractivity contribution in [3.8, 4) is 0 Å². The number of nitrogens with one attached hydrogen (secondary N) is 1. The van der Waals surface area contributed by atoms with E-state index in [0.717, 1.165) is 10.5 Å². The molecule has 1 heterocycles. The van der Waals surface area contributed by atoms with Crippen LogP contribution in [-0.4, -0.2) is 34.4 Å². The maximum absolute atomic E-state index is 11.3. The van der Waals surface area contributed by atoms with Gasteiger partial charge in [-0.05, 0) is 17.7 Å². The number of fused-ring (bicyclic) bond motifs is 1. The van der Waals surface area contributed by atoms with Crippen molar-refractivity contribution in [3.05, 3.63) is 23.8 Å². The second-order valence-corrected chi connectivity index (χ2v) is 5.09. The van der Waals surface area contributed by atoms with Gasteiger partial charge in [0.25, 0.3) is 0 Å². The Bertz CT molecular complexity index is 489. The number of carboxylic acid groups (broad SMARTS) is 1. The summed E-state index contributed by atoms with van der Waals surface area (Å²) in [4.78, 5) is 22.9. The highest BCUT2D eigenvalue weighted by molar-refractivity contribution is 8.00. The molecule has 5 nitrogen and oxygen atoms in total. The van der Waals surface area contributed by atoms with Gasteiger partial charge < -0.3 is 15.5 Å². The number of carboxylic acids is 1. The lowest BCUT2D eigenvalue weighted by molar-refractivity contribution is -0.137. The van der Waals surface area contributed by atoms with E-state index in [9.17, 15) is 14.7 Å². The van der Waals surface area contributed by atoms with Gasteiger partial charge in [-0.2, -0.15) is 0 Å². The normalized spacial score (nSPS) is 15.7. The van der Waals surface area contributed by atoms with Crippen LogP contribution >= 0.6 is 11.8 Å². The quantitative estimate of drug-likeness (QED) is 0.765. The molecule has 0 bridgehead atoms. The lowest BCUT2D eigenvalue weighted by Gasteiger charge is -2.19. The fourth-order valence-corrected chi connectivity index (χ4v) is 2.64. The number of carbonyl (C=O) groups is 2. The highest BCUT2D eigenvalue weighted by Crippen LogP contribution is 2.34.